The third kappa shape index (κ3) is 1.44. The predicted molar refractivity (Wildman–Crippen MR) is 62.7 cm³/mol. The van der Waals surface area contributed by atoms with Gasteiger partial charge in [-0.15, -0.1) is 0 Å². The Balaban J connectivity index is 1.89. The molecule has 1 saturated carbocycles. The molecule has 1 aliphatic carbocycles. The van der Waals surface area contributed by atoms with Crippen molar-refractivity contribution in [2.24, 2.45) is 5.41 Å². The molecule has 1 aliphatic heterocycles. The highest BCUT2D eigenvalue weighted by molar-refractivity contribution is 9.10. The molecular formula is C12H11BrN2. The number of benzene rings is 1. The molecule has 0 atom stereocenters. The van der Waals surface area contributed by atoms with Crippen LogP contribution >= 0.6 is 15.9 Å². The molecule has 0 amide bonds. The molecule has 3 rings (SSSR count). The maximum absolute atomic E-state index is 9.06. The van der Waals surface area contributed by atoms with Gasteiger partial charge >= 0.3 is 0 Å². The SMILES string of the molecule is N#Cc1cc(Br)ccc1N1CC2(CC2)C1. The average molecular weight is 263 g/mol. The number of rotatable bonds is 1. The molecule has 0 bridgehead atoms. The van der Waals surface area contributed by atoms with Crippen molar-refractivity contribution in [3.05, 3.63) is 28.2 Å². The second-order valence-corrected chi connectivity index (χ2v) is 5.55. The monoisotopic (exact) mass is 262 g/mol. The lowest BCUT2D eigenvalue weighted by molar-refractivity contribution is 0.387. The molecule has 1 heterocycles. The topological polar surface area (TPSA) is 27.0 Å². The van der Waals surface area contributed by atoms with Gasteiger partial charge in [0.05, 0.1) is 11.3 Å². The van der Waals surface area contributed by atoms with Crippen LogP contribution in [0.5, 0.6) is 0 Å². The summed E-state index contributed by atoms with van der Waals surface area (Å²) in [6.45, 7) is 2.28. The minimum atomic E-state index is 0.639. The van der Waals surface area contributed by atoms with Crippen molar-refractivity contribution in [3.8, 4) is 6.07 Å². The van der Waals surface area contributed by atoms with Gasteiger partial charge in [0.25, 0.3) is 0 Å². The lowest BCUT2D eigenvalue weighted by Crippen LogP contribution is -2.48. The van der Waals surface area contributed by atoms with Gasteiger partial charge < -0.3 is 4.90 Å². The van der Waals surface area contributed by atoms with Crippen LogP contribution in [0.15, 0.2) is 22.7 Å². The molecule has 1 aromatic rings. The highest BCUT2D eigenvalue weighted by Crippen LogP contribution is 2.54. The lowest BCUT2D eigenvalue weighted by atomic mass is 9.95. The van der Waals surface area contributed by atoms with Crippen molar-refractivity contribution in [1.29, 1.82) is 5.26 Å². The average Bonchev–Trinajstić information content (AvgIpc) is 2.95. The highest BCUT2D eigenvalue weighted by Gasteiger charge is 2.52. The second kappa shape index (κ2) is 2.99. The van der Waals surface area contributed by atoms with Crippen molar-refractivity contribution >= 4 is 21.6 Å². The molecule has 76 valence electrons. The van der Waals surface area contributed by atoms with E-state index in [1.54, 1.807) is 0 Å². The fourth-order valence-electron chi connectivity index (χ4n) is 2.30. The van der Waals surface area contributed by atoms with Gasteiger partial charge in [-0.05, 0) is 31.0 Å². The maximum atomic E-state index is 9.06. The Bertz CT molecular complexity index is 449. The molecule has 2 nitrogen and oxygen atoms in total. The number of halogens is 1. The van der Waals surface area contributed by atoms with E-state index in [4.69, 9.17) is 5.26 Å². The van der Waals surface area contributed by atoms with Crippen LogP contribution in [0.3, 0.4) is 0 Å². The van der Waals surface area contributed by atoms with Crippen molar-refractivity contribution in [2.75, 3.05) is 18.0 Å². The standard InChI is InChI=1S/C12H11BrN2/c13-10-1-2-11(9(5-10)6-14)15-7-12(8-15)3-4-12/h1-2,5H,3-4,7-8H2. The van der Waals surface area contributed by atoms with E-state index in [0.717, 1.165) is 28.8 Å². The van der Waals surface area contributed by atoms with E-state index >= 15 is 0 Å². The summed E-state index contributed by atoms with van der Waals surface area (Å²) in [6.07, 6.45) is 2.75. The quantitative estimate of drug-likeness (QED) is 0.778. The van der Waals surface area contributed by atoms with Crippen LogP contribution in [0.2, 0.25) is 0 Å². The van der Waals surface area contributed by atoms with Crippen LogP contribution in [-0.4, -0.2) is 13.1 Å². The Hall–Kier alpha value is -1.01. The minimum absolute atomic E-state index is 0.639. The molecule has 1 spiro atoms. The number of hydrogen-bond donors (Lipinski definition) is 0. The fourth-order valence-corrected chi connectivity index (χ4v) is 2.66. The van der Waals surface area contributed by atoms with Crippen molar-refractivity contribution in [2.45, 2.75) is 12.8 Å². The molecule has 3 heteroatoms. The molecule has 1 aromatic carbocycles. The Morgan fingerprint density at radius 1 is 1.33 bits per heavy atom. The predicted octanol–water partition coefficient (Wildman–Crippen LogP) is 2.92. The van der Waals surface area contributed by atoms with E-state index in [-0.39, 0.29) is 0 Å². The summed E-state index contributed by atoms with van der Waals surface area (Å²) >= 11 is 3.39. The smallest absolute Gasteiger partial charge is 0.101 e. The first kappa shape index (κ1) is 9.23. The summed E-state index contributed by atoms with van der Waals surface area (Å²) in [6, 6.07) is 8.21. The molecule has 2 aliphatic rings. The first-order chi connectivity index (χ1) is 7.22. The van der Waals surface area contributed by atoms with Crippen LogP contribution in [0.4, 0.5) is 5.69 Å². The van der Waals surface area contributed by atoms with Crippen LogP contribution in [-0.2, 0) is 0 Å². The first-order valence-electron chi connectivity index (χ1n) is 5.17. The van der Waals surface area contributed by atoms with Crippen LogP contribution in [0, 0.1) is 16.7 Å². The third-order valence-electron chi connectivity index (χ3n) is 3.43. The first-order valence-corrected chi connectivity index (χ1v) is 5.96. The van der Waals surface area contributed by atoms with Gasteiger partial charge in [-0.25, -0.2) is 0 Å². The van der Waals surface area contributed by atoms with Gasteiger partial charge in [0, 0.05) is 23.0 Å². The molecule has 0 N–H and O–H groups in total. The summed E-state index contributed by atoms with van der Waals surface area (Å²) in [7, 11) is 0. The molecule has 1 saturated heterocycles. The summed E-state index contributed by atoms with van der Waals surface area (Å²) in [5.74, 6) is 0. The van der Waals surface area contributed by atoms with Crippen LogP contribution in [0.25, 0.3) is 0 Å². The Morgan fingerprint density at radius 3 is 2.67 bits per heavy atom. The van der Waals surface area contributed by atoms with E-state index in [1.807, 2.05) is 18.2 Å². The van der Waals surface area contributed by atoms with Gasteiger partial charge in [-0.3, -0.25) is 0 Å². The van der Waals surface area contributed by atoms with Crippen molar-refractivity contribution < 1.29 is 0 Å². The van der Waals surface area contributed by atoms with Gasteiger partial charge in [-0.1, -0.05) is 15.9 Å². The van der Waals surface area contributed by atoms with Crippen molar-refractivity contribution in [3.63, 3.8) is 0 Å². The van der Waals surface area contributed by atoms with Gasteiger partial charge in [0.15, 0.2) is 0 Å². The number of nitriles is 1. The van der Waals surface area contributed by atoms with E-state index in [9.17, 15) is 0 Å². The number of nitrogens with zero attached hydrogens (tertiary/aromatic N) is 2. The minimum Gasteiger partial charge on any atom is -0.369 e. The zero-order valence-electron chi connectivity index (χ0n) is 8.33. The van der Waals surface area contributed by atoms with E-state index < -0.39 is 0 Å². The van der Waals surface area contributed by atoms with Gasteiger partial charge in [-0.2, -0.15) is 5.26 Å². The molecule has 2 fully saturated rings. The zero-order chi connectivity index (χ0) is 10.5. The van der Waals surface area contributed by atoms with Crippen LogP contribution in [0.1, 0.15) is 18.4 Å². The Labute approximate surface area is 97.6 Å². The van der Waals surface area contributed by atoms with E-state index in [1.165, 1.54) is 12.8 Å². The maximum Gasteiger partial charge on any atom is 0.101 e. The largest absolute Gasteiger partial charge is 0.369 e. The molecule has 0 unspecified atom stereocenters. The summed E-state index contributed by atoms with van der Waals surface area (Å²) < 4.78 is 0.976. The molecule has 0 aromatic heterocycles. The summed E-state index contributed by atoms with van der Waals surface area (Å²) in [5.41, 5.74) is 2.51. The molecule has 15 heavy (non-hydrogen) atoms. The lowest BCUT2D eigenvalue weighted by Gasteiger charge is -2.42. The summed E-state index contributed by atoms with van der Waals surface area (Å²) in [5, 5.41) is 9.06. The number of hydrogen-bond acceptors (Lipinski definition) is 2. The van der Waals surface area contributed by atoms with E-state index in [2.05, 4.69) is 26.9 Å². The third-order valence-corrected chi connectivity index (χ3v) is 3.92. The van der Waals surface area contributed by atoms with E-state index in [0.29, 0.717) is 5.41 Å². The van der Waals surface area contributed by atoms with Crippen LogP contribution < -0.4 is 4.90 Å². The van der Waals surface area contributed by atoms with Gasteiger partial charge in [0.1, 0.15) is 6.07 Å². The Kier molecular flexibility index (Phi) is 1.84. The zero-order valence-corrected chi connectivity index (χ0v) is 9.92. The van der Waals surface area contributed by atoms with Crippen molar-refractivity contribution in [1.82, 2.24) is 0 Å². The molecular weight excluding hydrogens is 252 g/mol. The number of anilines is 1. The molecule has 0 radical (unpaired) electrons. The normalized spacial score (nSPS) is 20.9. The fraction of sp³-hybridized carbons (Fsp3) is 0.417. The summed E-state index contributed by atoms with van der Waals surface area (Å²) in [4.78, 5) is 2.32. The Morgan fingerprint density at radius 2 is 2.07 bits per heavy atom. The highest BCUT2D eigenvalue weighted by atomic mass is 79.9. The van der Waals surface area contributed by atoms with Gasteiger partial charge in [0.2, 0.25) is 0 Å². The second-order valence-electron chi connectivity index (χ2n) is 4.63.